The average molecular weight is 337 g/mol. The smallest absolute Gasteiger partial charge is 0.263 e. The van der Waals surface area contributed by atoms with Crippen LogP contribution < -0.4 is 4.72 Å². The monoisotopic (exact) mass is 336 g/mol. The molecule has 0 atom stereocenters. The number of halogens is 1. The summed E-state index contributed by atoms with van der Waals surface area (Å²) in [5.74, 6) is 0. The number of sulfonamides is 1. The molecule has 0 bridgehead atoms. The fraction of sp³-hybridized carbons (Fsp3) is 0. The van der Waals surface area contributed by atoms with Crippen LogP contribution in [0.5, 0.6) is 0 Å². The van der Waals surface area contributed by atoms with Crippen molar-refractivity contribution in [3.63, 3.8) is 0 Å². The highest BCUT2D eigenvalue weighted by molar-refractivity contribution is 9.10. The zero-order valence-corrected chi connectivity index (χ0v) is 12.1. The van der Waals surface area contributed by atoms with Gasteiger partial charge in [-0.25, -0.2) is 8.42 Å². The van der Waals surface area contributed by atoms with E-state index in [1.165, 1.54) is 12.1 Å². The number of nitriles is 1. The first-order valence-corrected chi connectivity index (χ1v) is 7.58. The van der Waals surface area contributed by atoms with E-state index in [0.29, 0.717) is 5.69 Å². The van der Waals surface area contributed by atoms with Crippen LogP contribution in [-0.2, 0) is 10.0 Å². The molecule has 2 rings (SSSR count). The number of anilines is 1. The second-order valence-corrected chi connectivity index (χ2v) is 6.29. The van der Waals surface area contributed by atoms with E-state index in [1.54, 1.807) is 36.4 Å². The molecule has 0 saturated heterocycles. The molecule has 0 radical (unpaired) electrons. The van der Waals surface area contributed by atoms with Crippen LogP contribution in [0, 0.1) is 11.3 Å². The van der Waals surface area contributed by atoms with E-state index in [1.807, 2.05) is 6.07 Å². The van der Waals surface area contributed by atoms with Crippen LogP contribution in [0.4, 0.5) is 5.69 Å². The Bertz CT molecular complexity index is 751. The molecule has 4 nitrogen and oxygen atoms in total. The molecule has 0 aliphatic carbocycles. The van der Waals surface area contributed by atoms with Gasteiger partial charge in [-0.2, -0.15) is 5.26 Å². The SMILES string of the molecule is N#Cc1ccccc1S(=O)(=O)Nc1cccc(Br)c1. The lowest BCUT2D eigenvalue weighted by molar-refractivity contribution is 0.601. The Morgan fingerprint density at radius 2 is 1.84 bits per heavy atom. The second kappa shape index (κ2) is 5.43. The molecule has 96 valence electrons. The van der Waals surface area contributed by atoms with Gasteiger partial charge in [-0.3, -0.25) is 4.72 Å². The highest BCUT2D eigenvalue weighted by Gasteiger charge is 2.18. The lowest BCUT2D eigenvalue weighted by Gasteiger charge is -2.09. The van der Waals surface area contributed by atoms with Gasteiger partial charge in [0.2, 0.25) is 0 Å². The van der Waals surface area contributed by atoms with Crippen LogP contribution in [0.15, 0.2) is 57.9 Å². The first kappa shape index (κ1) is 13.6. The van der Waals surface area contributed by atoms with Gasteiger partial charge in [0.05, 0.1) is 5.56 Å². The van der Waals surface area contributed by atoms with Gasteiger partial charge < -0.3 is 0 Å². The topological polar surface area (TPSA) is 70.0 Å². The quantitative estimate of drug-likeness (QED) is 0.935. The van der Waals surface area contributed by atoms with E-state index in [4.69, 9.17) is 5.26 Å². The molecule has 0 aliphatic heterocycles. The Morgan fingerprint density at radius 1 is 1.11 bits per heavy atom. The Balaban J connectivity index is 2.41. The number of hydrogen-bond acceptors (Lipinski definition) is 3. The van der Waals surface area contributed by atoms with E-state index >= 15 is 0 Å². The van der Waals surface area contributed by atoms with Gasteiger partial charge in [0.1, 0.15) is 11.0 Å². The second-order valence-electron chi connectivity index (χ2n) is 3.72. The first-order valence-electron chi connectivity index (χ1n) is 5.30. The van der Waals surface area contributed by atoms with Gasteiger partial charge in [0.25, 0.3) is 10.0 Å². The number of rotatable bonds is 3. The molecule has 2 aromatic rings. The predicted octanol–water partition coefficient (Wildman–Crippen LogP) is 3.12. The standard InChI is InChI=1S/C13H9BrN2O2S/c14-11-5-3-6-12(8-11)16-19(17,18)13-7-2-1-4-10(13)9-15/h1-8,16H. The van der Waals surface area contributed by atoms with E-state index in [-0.39, 0.29) is 10.5 Å². The molecule has 19 heavy (non-hydrogen) atoms. The maximum Gasteiger partial charge on any atom is 0.263 e. The van der Waals surface area contributed by atoms with Gasteiger partial charge in [0, 0.05) is 10.2 Å². The fourth-order valence-electron chi connectivity index (χ4n) is 1.56. The summed E-state index contributed by atoms with van der Waals surface area (Å²) in [6, 6.07) is 14.7. The van der Waals surface area contributed by atoms with Crippen LogP contribution in [0.1, 0.15) is 5.56 Å². The van der Waals surface area contributed by atoms with Crippen molar-refractivity contribution >= 4 is 31.6 Å². The first-order chi connectivity index (χ1) is 9.03. The van der Waals surface area contributed by atoms with Gasteiger partial charge >= 0.3 is 0 Å². The molecule has 0 aliphatic rings. The predicted molar refractivity (Wildman–Crippen MR) is 76.1 cm³/mol. The van der Waals surface area contributed by atoms with Crippen molar-refractivity contribution in [2.75, 3.05) is 4.72 Å². The van der Waals surface area contributed by atoms with E-state index in [0.717, 1.165) is 4.47 Å². The molecule has 0 fully saturated rings. The Morgan fingerprint density at radius 3 is 2.53 bits per heavy atom. The zero-order valence-electron chi connectivity index (χ0n) is 9.67. The third-order valence-corrected chi connectivity index (χ3v) is 4.31. The molecular formula is C13H9BrN2O2S. The van der Waals surface area contributed by atoms with Crippen LogP contribution in [0.3, 0.4) is 0 Å². The summed E-state index contributed by atoms with van der Waals surface area (Å²) in [5.41, 5.74) is 0.548. The molecule has 6 heteroatoms. The molecule has 2 aromatic carbocycles. The summed E-state index contributed by atoms with van der Waals surface area (Å²) in [6.07, 6.45) is 0. The lowest BCUT2D eigenvalue weighted by atomic mass is 10.2. The molecule has 0 spiro atoms. The summed E-state index contributed by atoms with van der Waals surface area (Å²) in [5, 5.41) is 8.94. The van der Waals surface area contributed by atoms with Crippen LogP contribution in [0.25, 0.3) is 0 Å². The van der Waals surface area contributed by atoms with Crippen molar-refractivity contribution in [3.05, 3.63) is 58.6 Å². The fourth-order valence-corrected chi connectivity index (χ4v) is 3.16. The minimum atomic E-state index is -3.77. The summed E-state index contributed by atoms with van der Waals surface area (Å²) in [4.78, 5) is -0.0301. The Kier molecular flexibility index (Phi) is 3.88. The summed E-state index contributed by atoms with van der Waals surface area (Å²) in [7, 11) is -3.77. The number of benzene rings is 2. The van der Waals surface area contributed by atoms with Crippen molar-refractivity contribution < 1.29 is 8.42 Å². The molecule has 0 amide bonds. The number of nitrogens with one attached hydrogen (secondary N) is 1. The molecule has 0 unspecified atom stereocenters. The summed E-state index contributed by atoms with van der Waals surface area (Å²) in [6.45, 7) is 0. The minimum absolute atomic E-state index is 0.0301. The van der Waals surface area contributed by atoms with Crippen molar-refractivity contribution in [2.45, 2.75) is 4.90 Å². The van der Waals surface area contributed by atoms with Gasteiger partial charge in [-0.05, 0) is 30.3 Å². The molecule has 1 N–H and O–H groups in total. The van der Waals surface area contributed by atoms with Crippen molar-refractivity contribution in [2.24, 2.45) is 0 Å². The lowest BCUT2D eigenvalue weighted by Crippen LogP contribution is -2.14. The number of hydrogen-bond donors (Lipinski definition) is 1. The molecular weight excluding hydrogens is 328 g/mol. The minimum Gasteiger partial charge on any atom is -0.280 e. The van der Waals surface area contributed by atoms with Crippen molar-refractivity contribution in [1.82, 2.24) is 0 Å². The highest BCUT2D eigenvalue weighted by Crippen LogP contribution is 2.21. The summed E-state index contributed by atoms with van der Waals surface area (Å²) >= 11 is 3.27. The Labute approximate surface area is 119 Å². The highest BCUT2D eigenvalue weighted by atomic mass is 79.9. The van der Waals surface area contributed by atoms with E-state index in [9.17, 15) is 8.42 Å². The molecule has 0 saturated carbocycles. The van der Waals surface area contributed by atoms with Gasteiger partial charge in [-0.1, -0.05) is 34.1 Å². The van der Waals surface area contributed by atoms with Crippen LogP contribution in [0.2, 0.25) is 0 Å². The van der Waals surface area contributed by atoms with E-state index < -0.39 is 10.0 Å². The molecule has 0 aromatic heterocycles. The van der Waals surface area contributed by atoms with Crippen molar-refractivity contribution in [3.8, 4) is 6.07 Å². The van der Waals surface area contributed by atoms with Crippen LogP contribution in [-0.4, -0.2) is 8.42 Å². The maximum atomic E-state index is 12.2. The number of nitrogens with zero attached hydrogens (tertiary/aromatic N) is 1. The normalized spacial score (nSPS) is 10.7. The Hall–Kier alpha value is -1.84. The maximum absolute atomic E-state index is 12.2. The van der Waals surface area contributed by atoms with Gasteiger partial charge in [-0.15, -0.1) is 0 Å². The van der Waals surface area contributed by atoms with Gasteiger partial charge in [0.15, 0.2) is 0 Å². The third kappa shape index (κ3) is 3.13. The summed E-state index contributed by atoms with van der Waals surface area (Å²) < 4.78 is 27.6. The van der Waals surface area contributed by atoms with Crippen molar-refractivity contribution in [1.29, 1.82) is 5.26 Å². The van der Waals surface area contributed by atoms with Crippen LogP contribution >= 0.6 is 15.9 Å². The zero-order chi connectivity index (χ0) is 13.9. The average Bonchev–Trinajstić information content (AvgIpc) is 2.38. The molecule has 0 heterocycles. The van der Waals surface area contributed by atoms with E-state index in [2.05, 4.69) is 20.7 Å². The largest absolute Gasteiger partial charge is 0.280 e. The third-order valence-electron chi connectivity index (χ3n) is 2.37.